The average molecular weight is 449 g/mol. The van der Waals surface area contributed by atoms with Crippen molar-refractivity contribution >= 4 is 33.1 Å². The average Bonchev–Trinajstić information content (AvgIpc) is 3.31. The van der Waals surface area contributed by atoms with Crippen molar-refractivity contribution in [3.05, 3.63) is 89.5 Å². The number of rotatable bonds is 5. The molecule has 3 nitrogen and oxygen atoms in total. The highest BCUT2D eigenvalue weighted by molar-refractivity contribution is 6.09. The van der Waals surface area contributed by atoms with E-state index in [0.29, 0.717) is 12.3 Å². The largest absolute Gasteiger partial charge is 0.378 e. The van der Waals surface area contributed by atoms with Crippen LogP contribution in [0, 0.1) is 0 Å². The summed E-state index contributed by atoms with van der Waals surface area (Å²) in [7, 11) is 0. The zero-order chi connectivity index (χ0) is 23.1. The molecule has 0 radical (unpaired) electrons. The third-order valence-corrected chi connectivity index (χ3v) is 7.74. The minimum Gasteiger partial charge on any atom is -0.378 e. The van der Waals surface area contributed by atoms with Gasteiger partial charge in [-0.15, -0.1) is 0 Å². The number of benzene rings is 4. The smallest absolute Gasteiger partial charge is 0.223 e. The number of likely N-dealkylation sites (tertiary alicyclic amines) is 1. The molecular weight excluding hydrogens is 416 g/mol. The monoisotopic (exact) mass is 448 g/mol. The molecule has 172 valence electrons. The first-order valence-corrected chi connectivity index (χ1v) is 12.8. The van der Waals surface area contributed by atoms with Crippen molar-refractivity contribution in [1.82, 2.24) is 4.90 Å². The lowest BCUT2D eigenvalue weighted by Crippen LogP contribution is -2.35. The Balaban J connectivity index is 1.47. The van der Waals surface area contributed by atoms with E-state index in [2.05, 4.69) is 89.9 Å². The summed E-state index contributed by atoms with van der Waals surface area (Å²) >= 11 is 0. The first kappa shape index (κ1) is 21.2. The van der Waals surface area contributed by atoms with Gasteiger partial charge < -0.3 is 10.2 Å². The Hall–Kier alpha value is -3.33. The number of hydrogen-bond acceptors (Lipinski definition) is 2. The summed E-state index contributed by atoms with van der Waals surface area (Å²) in [5, 5.41) is 9.05. The van der Waals surface area contributed by atoms with Crippen LogP contribution in [0.2, 0.25) is 0 Å². The SMILES string of the molecule is CCCCc1ccc2c(c1)[C@@H](N1CCCC1=O)C[C@@H](c1cc3ccccc3c3ccccc13)N2. The van der Waals surface area contributed by atoms with Crippen LogP contribution in [0.4, 0.5) is 5.69 Å². The van der Waals surface area contributed by atoms with Crippen molar-refractivity contribution < 1.29 is 4.79 Å². The normalized spacial score (nSPS) is 20.0. The van der Waals surface area contributed by atoms with E-state index >= 15 is 0 Å². The predicted octanol–water partition coefficient (Wildman–Crippen LogP) is 7.56. The molecule has 0 bridgehead atoms. The van der Waals surface area contributed by atoms with Gasteiger partial charge in [0.25, 0.3) is 0 Å². The van der Waals surface area contributed by atoms with Gasteiger partial charge in [0.05, 0.1) is 12.1 Å². The van der Waals surface area contributed by atoms with Crippen molar-refractivity contribution in [1.29, 1.82) is 0 Å². The molecule has 1 N–H and O–H groups in total. The summed E-state index contributed by atoms with van der Waals surface area (Å²) in [6, 6.07) is 26.9. The Labute approximate surface area is 201 Å². The van der Waals surface area contributed by atoms with Crippen molar-refractivity contribution in [2.45, 2.75) is 57.5 Å². The standard InChI is InChI=1S/C31H32N2O/c1-2-3-9-21-15-16-28-27(18-21)30(33-17-8-14-31(33)34)20-29(32-28)26-19-22-10-4-5-11-23(22)24-12-6-7-13-25(24)26/h4-7,10-13,15-16,18-19,29-30,32H,2-3,8-9,14,17,20H2,1H3/t29-,30-/m0/s1. The maximum Gasteiger partial charge on any atom is 0.223 e. The number of unbranched alkanes of at least 4 members (excludes halogenated alkanes) is 1. The zero-order valence-electron chi connectivity index (χ0n) is 19.9. The van der Waals surface area contributed by atoms with E-state index < -0.39 is 0 Å². The van der Waals surface area contributed by atoms with Crippen LogP contribution in [0.15, 0.2) is 72.8 Å². The lowest BCUT2D eigenvalue weighted by atomic mass is 9.84. The maximum atomic E-state index is 12.9. The van der Waals surface area contributed by atoms with E-state index in [4.69, 9.17) is 0 Å². The van der Waals surface area contributed by atoms with Crippen molar-refractivity contribution in [2.75, 3.05) is 11.9 Å². The van der Waals surface area contributed by atoms with Crippen LogP contribution in [0.1, 0.15) is 67.8 Å². The molecule has 4 aromatic rings. The summed E-state index contributed by atoms with van der Waals surface area (Å²) < 4.78 is 0. The van der Waals surface area contributed by atoms with Gasteiger partial charge in [0.15, 0.2) is 0 Å². The number of amides is 1. The van der Waals surface area contributed by atoms with Crippen LogP contribution in [0.3, 0.4) is 0 Å². The highest BCUT2D eigenvalue weighted by Gasteiger charge is 2.36. The molecule has 1 saturated heterocycles. The van der Waals surface area contributed by atoms with Gasteiger partial charge in [-0.3, -0.25) is 4.79 Å². The molecule has 2 atom stereocenters. The Bertz CT molecular complexity index is 1370. The molecule has 0 saturated carbocycles. The number of nitrogens with zero attached hydrogens (tertiary/aromatic N) is 1. The number of fused-ring (bicyclic) bond motifs is 4. The summed E-state index contributed by atoms with van der Waals surface area (Å²) in [5.41, 5.74) is 5.18. The molecule has 1 amide bonds. The van der Waals surface area contributed by atoms with Gasteiger partial charge in [-0.1, -0.05) is 74.0 Å². The number of anilines is 1. The Morgan fingerprint density at radius 3 is 2.50 bits per heavy atom. The fraction of sp³-hybridized carbons (Fsp3) is 0.323. The predicted molar refractivity (Wildman–Crippen MR) is 141 cm³/mol. The Kier molecular flexibility index (Phi) is 5.49. The first-order chi connectivity index (χ1) is 16.7. The van der Waals surface area contributed by atoms with Gasteiger partial charge in [-0.2, -0.15) is 0 Å². The molecule has 4 aromatic carbocycles. The van der Waals surface area contributed by atoms with E-state index in [1.807, 2.05) is 0 Å². The molecule has 0 spiro atoms. The minimum absolute atomic E-state index is 0.128. The molecule has 0 unspecified atom stereocenters. The van der Waals surface area contributed by atoms with E-state index in [0.717, 1.165) is 25.8 Å². The summed E-state index contributed by atoms with van der Waals surface area (Å²) in [6.45, 7) is 3.11. The lowest BCUT2D eigenvalue weighted by Gasteiger charge is -2.39. The first-order valence-electron chi connectivity index (χ1n) is 12.8. The number of carbonyl (C=O) groups is 1. The Morgan fingerprint density at radius 2 is 1.71 bits per heavy atom. The number of aryl methyl sites for hydroxylation is 1. The van der Waals surface area contributed by atoms with Gasteiger partial charge in [0, 0.05) is 18.7 Å². The topological polar surface area (TPSA) is 32.3 Å². The van der Waals surface area contributed by atoms with Crippen LogP contribution < -0.4 is 5.32 Å². The van der Waals surface area contributed by atoms with Crippen LogP contribution in [-0.4, -0.2) is 17.4 Å². The van der Waals surface area contributed by atoms with Gasteiger partial charge in [0.1, 0.15) is 0 Å². The number of hydrogen-bond donors (Lipinski definition) is 1. The molecular formula is C31H32N2O. The lowest BCUT2D eigenvalue weighted by molar-refractivity contribution is -0.130. The van der Waals surface area contributed by atoms with Crippen molar-refractivity contribution in [2.24, 2.45) is 0 Å². The van der Waals surface area contributed by atoms with Gasteiger partial charge in [-0.25, -0.2) is 0 Å². The molecule has 2 aliphatic heterocycles. The Morgan fingerprint density at radius 1 is 0.912 bits per heavy atom. The molecule has 6 rings (SSSR count). The van der Waals surface area contributed by atoms with Crippen LogP contribution >= 0.6 is 0 Å². The van der Waals surface area contributed by atoms with Gasteiger partial charge in [-0.05, 0) is 76.1 Å². The maximum absolute atomic E-state index is 12.9. The van der Waals surface area contributed by atoms with Gasteiger partial charge >= 0.3 is 0 Å². The molecule has 0 aromatic heterocycles. The summed E-state index contributed by atoms with van der Waals surface area (Å²) in [5.74, 6) is 0.305. The third kappa shape index (κ3) is 3.64. The fourth-order valence-electron chi connectivity index (χ4n) is 6.02. The van der Waals surface area contributed by atoms with Crippen molar-refractivity contribution in [3.8, 4) is 0 Å². The fourth-order valence-corrected chi connectivity index (χ4v) is 6.02. The highest BCUT2D eigenvalue weighted by Crippen LogP contribution is 2.46. The molecule has 2 aliphatic rings. The molecule has 1 fully saturated rings. The van der Waals surface area contributed by atoms with E-state index in [-0.39, 0.29) is 12.1 Å². The molecule has 0 aliphatic carbocycles. The number of nitrogens with one attached hydrogen (secondary N) is 1. The van der Waals surface area contributed by atoms with E-state index in [1.165, 1.54) is 56.8 Å². The zero-order valence-corrected chi connectivity index (χ0v) is 19.9. The molecule has 34 heavy (non-hydrogen) atoms. The molecule has 3 heteroatoms. The molecule has 2 heterocycles. The second-order valence-electron chi connectivity index (χ2n) is 9.90. The quantitative estimate of drug-likeness (QED) is 0.320. The van der Waals surface area contributed by atoms with E-state index in [1.54, 1.807) is 0 Å². The second kappa shape index (κ2) is 8.79. The van der Waals surface area contributed by atoms with Crippen LogP contribution in [0.5, 0.6) is 0 Å². The summed E-state index contributed by atoms with van der Waals surface area (Å²) in [6.07, 6.45) is 6.04. The van der Waals surface area contributed by atoms with Crippen LogP contribution in [-0.2, 0) is 11.2 Å². The van der Waals surface area contributed by atoms with E-state index in [9.17, 15) is 4.79 Å². The van der Waals surface area contributed by atoms with Crippen molar-refractivity contribution in [3.63, 3.8) is 0 Å². The van der Waals surface area contributed by atoms with Crippen LogP contribution in [0.25, 0.3) is 21.5 Å². The van der Waals surface area contributed by atoms with Gasteiger partial charge in [0.2, 0.25) is 5.91 Å². The minimum atomic E-state index is 0.128. The third-order valence-electron chi connectivity index (χ3n) is 7.74. The number of carbonyl (C=O) groups excluding carboxylic acids is 1. The second-order valence-corrected chi connectivity index (χ2v) is 9.90. The summed E-state index contributed by atoms with van der Waals surface area (Å²) in [4.78, 5) is 15.0. The highest BCUT2D eigenvalue weighted by atomic mass is 16.2.